The molecule has 0 aromatic heterocycles. The van der Waals surface area contributed by atoms with Gasteiger partial charge < -0.3 is 10.6 Å². The molecule has 2 atom stereocenters. The highest BCUT2D eigenvalue weighted by Gasteiger charge is 2.17. The number of para-hydroxylation sites is 1. The Morgan fingerprint density at radius 2 is 2.28 bits per heavy atom. The first-order chi connectivity index (χ1) is 8.79. The summed E-state index contributed by atoms with van der Waals surface area (Å²) in [5.41, 5.74) is 1.29. The van der Waals surface area contributed by atoms with Crippen LogP contribution in [-0.4, -0.2) is 24.4 Å². The van der Waals surface area contributed by atoms with Crippen molar-refractivity contribution >= 4 is 17.4 Å². The predicted molar refractivity (Wildman–Crippen MR) is 81.6 cm³/mol. The molecule has 0 amide bonds. The number of hydrogen-bond acceptors (Lipinski definition) is 3. The molecule has 3 heteroatoms. The van der Waals surface area contributed by atoms with E-state index in [1.54, 1.807) is 0 Å². The fourth-order valence-electron chi connectivity index (χ4n) is 2.58. The van der Waals surface area contributed by atoms with Crippen molar-refractivity contribution in [2.24, 2.45) is 0 Å². The van der Waals surface area contributed by atoms with Crippen molar-refractivity contribution in [1.29, 1.82) is 0 Å². The normalized spacial score (nSPS) is 20.9. The van der Waals surface area contributed by atoms with Crippen LogP contribution in [0.1, 0.15) is 33.1 Å². The zero-order chi connectivity index (χ0) is 12.8. The maximum absolute atomic E-state index is 3.66. The van der Waals surface area contributed by atoms with E-state index in [1.807, 2.05) is 11.8 Å². The highest BCUT2D eigenvalue weighted by atomic mass is 32.2. The first kappa shape index (κ1) is 13.8. The van der Waals surface area contributed by atoms with Crippen LogP contribution in [-0.2, 0) is 0 Å². The quantitative estimate of drug-likeness (QED) is 0.765. The van der Waals surface area contributed by atoms with Gasteiger partial charge in [0, 0.05) is 22.7 Å². The van der Waals surface area contributed by atoms with Crippen LogP contribution < -0.4 is 10.6 Å². The summed E-state index contributed by atoms with van der Waals surface area (Å²) in [6.45, 7) is 5.68. The smallest absolute Gasteiger partial charge is 0.0480 e. The third kappa shape index (κ3) is 3.92. The van der Waals surface area contributed by atoms with Gasteiger partial charge in [0.05, 0.1) is 0 Å². The molecule has 1 aliphatic rings. The molecule has 1 heterocycles. The van der Waals surface area contributed by atoms with Crippen molar-refractivity contribution in [1.82, 2.24) is 5.32 Å². The highest BCUT2D eigenvalue weighted by molar-refractivity contribution is 7.99. The number of nitrogens with one attached hydrogen (secondary N) is 2. The zero-order valence-electron chi connectivity index (χ0n) is 11.4. The van der Waals surface area contributed by atoms with Gasteiger partial charge in [-0.15, -0.1) is 11.8 Å². The molecule has 0 saturated carbocycles. The Morgan fingerprint density at radius 1 is 1.44 bits per heavy atom. The molecule has 0 bridgehead atoms. The molecule has 18 heavy (non-hydrogen) atoms. The van der Waals surface area contributed by atoms with Crippen molar-refractivity contribution in [3.05, 3.63) is 24.3 Å². The number of benzene rings is 1. The lowest BCUT2D eigenvalue weighted by Crippen LogP contribution is -2.29. The molecule has 1 aliphatic heterocycles. The van der Waals surface area contributed by atoms with Crippen LogP contribution in [0, 0.1) is 0 Å². The number of thioether (sulfide) groups is 1. The van der Waals surface area contributed by atoms with Gasteiger partial charge >= 0.3 is 0 Å². The van der Waals surface area contributed by atoms with Crippen molar-refractivity contribution in [2.45, 2.75) is 50.1 Å². The minimum atomic E-state index is 0.527. The SMILES string of the molecule is CCSc1ccccc1NC(C)CC1CCCN1. The van der Waals surface area contributed by atoms with Gasteiger partial charge in [0.1, 0.15) is 0 Å². The predicted octanol–water partition coefficient (Wildman–Crippen LogP) is 3.74. The van der Waals surface area contributed by atoms with Gasteiger partial charge in [-0.3, -0.25) is 0 Å². The average molecular weight is 264 g/mol. The van der Waals surface area contributed by atoms with Crippen LogP contribution in [0.2, 0.25) is 0 Å². The Labute approximate surface area is 115 Å². The fraction of sp³-hybridized carbons (Fsp3) is 0.600. The molecule has 1 aromatic carbocycles. The molecule has 100 valence electrons. The highest BCUT2D eigenvalue weighted by Crippen LogP contribution is 2.27. The van der Waals surface area contributed by atoms with Crippen molar-refractivity contribution in [3.63, 3.8) is 0 Å². The molecule has 2 rings (SSSR count). The van der Waals surface area contributed by atoms with Gasteiger partial charge in [0.2, 0.25) is 0 Å². The second kappa shape index (κ2) is 7.05. The topological polar surface area (TPSA) is 24.1 Å². The van der Waals surface area contributed by atoms with E-state index in [0.29, 0.717) is 12.1 Å². The van der Waals surface area contributed by atoms with Gasteiger partial charge in [-0.25, -0.2) is 0 Å². The van der Waals surface area contributed by atoms with Crippen LogP contribution in [0.3, 0.4) is 0 Å². The molecule has 0 spiro atoms. The van der Waals surface area contributed by atoms with E-state index in [2.05, 4.69) is 48.7 Å². The largest absolute Gasteiger partial charge is 0.382 e. The third-order valence-corrected chi connectivity index (χ3v) is 4.34. The Morgan fingerprint density at radius 3 is 3.00 bits per heavy atom. The molecule has 1 saturated heterocycles. The zero-order valence-corrected chi connectivity index (χ0v) is 12.2. The Hall–Kier alpha value is -0.670. The van der Waals surface area contributed by atoms with E-state index in [-0.39, 0.29) is 0 Å². The lowest BCUT2D eigenvalue weighted by Gasteiger charge is -2.21. The number of hydrogen-bond donors (Lipinski definition) is 2. The number of anilines is 1. The summed E-state index contributed by atoms with van der Waals surface area (Å²) in [4.78, 5) is 1.37. The molecule has 2 N–H and O–H groups in total. The van der Waals surface area contributed by atoms with Gasteiger partial charge in [-0.2, -0.15) is 0 Å². The molecule has 1 fully saturated rings. The van der Waals surface area contributed by atoms with Gasteiger partial charge in [-0.05, 0) is 50.6 Å². The minimum absolute atomic E-state index is 0.527. The summed E-state index contributed by atoms with van der Waals surface area (Å²) in [5.74, 6) is 1.12. The maximum Gasteiger partial charge on any atom is 0.0480 e. The molecule has 2 unspecified atom stereocenters. The van der Waals surface area contributed by atoms with Crippen LogP contribution >= 0.6 is 11.8 Å². The van der Waals surface area contributed by atoms with E-state index < -0.39 is 0 Å². The summed E-state index contributed by atoms with van der Waals surface area (Å²) in [7, 11) is 0. The standard InChI is InChI=1S/C15H24N2S/c1-3-18-15-9-5-4-8-14(15)17-12(2)11-13-7-6-10-16-13/h4-5,8-9,12-13,16-17H,3,6-7,10-11H2,1-2H3. The van der Waals surface area contributed by atoms with E-state index in [4.69, 9.17) is 0 Å². The lowest BCUT2D eigenvalue weighted by molar-refractivity contribution is 0.523. The monoisotopic (exact) mass is 264 g/mol. The van der Waals surface area contributed by atoms with E-state index in [0.717, 1.165) is 5.75 Å². The molecule has 0 radical (unpaired) electrons. The Kier molecular flexibility index (Phi) is 5.39. The van der Waals surface area contributed by atoms with E-state index in [1.165, 1.54) is 36.4 Å². The molecular formula is C15H24N2S. The van der Waals surface area contributed by atoms with Gasteiger partial charge in [-0.1, -0.05) is 19.1 Å². The van der Waals surface area contributed by atoms with E-state index in [9.17, 15) is 0 Å². The summed E-state index contributed by atoms with van der Waals surface area (Å²) in [6, 6.07) is 9.86. The Bertz CT molecular complexity index is 361. The van der Waals surface area contributed by atoms with Gasteiger partial charge in [0.15, 0.2) is 0 Å². The maximum atomic E-state index is 3.66. The van der Waals surface area contributed by atoms with Crippen molar-refractivity contribution in [2.75, 3.05) is 17.6 Å². The molecule has 0 aliphatic carbocycles. The summed E-state index contributed by atoms with van der Waals surface area (Å²) >= 11 is 1.91. The summed E-state index contributed by atoms with van der Waals surface area (Å²) in [5, 5.41) is 7.23. The number of rotatable bonds is 6. The van der Waals surface area contributed by atoms with Crippen molar-refractivity contribution < 1.29 is 0 Å². The average Bonchev–Trinajstić information content (AvgIpc) is 2.84. The molecule has 2 nitrogen and oxygen atoms in total. The second-order valence-corrected chi connectivity index (χ2v) is 6.31. The van der Waals surface area contributed by atoms with Crippen LogP contribution in [0.25, 0.3) is 0 Å². The first-order valence-electron chi connectivity index (χ1n) is 7.01. The van der Waals surface area contributed by atoms with Crippen LogP contribution in [0.5, 0.6) is 0 Å². The summed E-state index contributed by atoms with van der Waals surface area (Å²) < 4.78 is 0. The van der Waals surface area contributed by atoms with Gasteiger partial charge in [0.25, 0.3) is 0 Å². The molecular weight excluding hydrogens is 240 g/mol. The van der Waals surface area contributed by atoms with Crippen LogP contribution in [0.4, 0.5) is 5.69 Å². The van der Waals surface area contributed by atoms with E-state index >= 15 is 0 Å². The lowest BCUT2D eigenvalue weighted by atomic mass is 10.1. The minimum Gasteiger partial charge on any atom is -0.382 e. The second-order valence-electron chi connectivity index (χ2n) is 5.00. The first-order valence-corrected chi connectivity index (χ1v) is 8.00. The molecule has 1 aromatic rings. The fourth-order valence-corrected chi connectivity index (χ4v) is 3.34. The Balaban J connectivity index is 1.90. The van der Waals surface area contributed by atoms with Crippen molar-refractivity contribution in [3.8, 4) is 0 Å². The van der Waals surface area contributed by atoms with Crippen LogP contribution in [0.15, 0.2) is 29.2 Å². The summed E-state index contributed by atoms with van der Waals surface area (Å²) in [6.07, 6.45) is 3.88. The third-order valence-electron chi connectivity index (χ3n) is 3.39.